The van der Waals surface area contributed by atoms with Crippen molar-refractivity contribution in [2.24, 2.45) is 5.73 Å². The second-order valence-electron chi connectivity index (χ2n) is 7.88. The summed E-state index contributed by atoms with van der Waals surface area (Å²) in [5, 5.41) is 19.7. The Morgan fingerprint density at radius 1 is 1.14 bits per heavy atom. The highest BCUT2D eigenvalue weighted by atomic mass is 16.5. The summed E-state index contributed by atoms with van der Waals surface area (Å²) in [6.07, 6.45) is 4.27. The summed E-state index contributed by atoms with van der Waals surface area (Å²) in [5.74, 6) is -6.31. The number of nitrogens with one attached hydrogen (secondary N) is 1. The first-order chi connectivity index (χ1) is 16.6. The molecule has 11 nitrogen and oxygen atoms in total. The molecule has 3 rings (SSSR count). The Balaban J connectivity index is 1.95. The summed E-state index contributed by atoms with van der Waals surface area (Å²) in [6, 6.07) is 7.04. The lowest BCUT2D eigenvalue weighted by molar-refractivity contribution is -0.153. The molecule has 1 aliphatic carbocycles. The average Bonchev–Trinajstić information content (AvgIpc) is 3.14. The first-order valence-electron chi connectivity index (χ1n) is 10.8. The lowest BCUT2D eigenvalue weighted by atomic mass is 9.91. The van der Waals surface area contributed by atoms with Crippen molar-refractivity contribution in [2.45, 2.75) is 38.4 Å². The van der Waals surface area contributed by atoms with E-state index in [1.54, 1.807) is 12.2 Å². The molecule has 1 unspecified atom stereocenters. The van der Waals surface area contributed by atoms with Crippen LogP contribution in [0.1, 0.15) is 25.3 Å². The van der Waals surface area contributed by atoms with Crippen LogP contribution in [0.4, 0.5) is 0 Å². The SMILES string of the molecule is CCC1=C(C(=O)C(N)=O)C2=C(OCC(=O)NC(C(=O)O)C(=O)O)C=CCC2N1Cc1ccccc1. The number of carboxylic acids is 2. The van der Waals surface area contributed by atoms with Crippen molar-refractivity contribution in [2.75, 3.05) is 6.61 Å². The number of primary amides is 1. The Morgan fingerprint density at radius 3 is 2.37 bits per heavy atom. The van der Waals surface area contributed by atoms with E-state index in [1.807, 2.05) is 47.5 Å². The van der Waals surface area contributed by atoms with E-state index in [0.717, 1.165) is 5.56 Å². The lowest BCUT2D eigenvalue weighted by Crippen LogP contribution is -2.47. The number of allylic oxidation sites excluding steroid dienone is 2. The number of nitrogens with zero attached hydrogens (tertiary/aromatic N) is 1. The van der Waals surface area contributed by atoms with Crippen molar-refractivity contribution in [3.05, 3.63) is 70.6 Å². The van der Waals surface area contributed by atoms with Gasteiger partial charge in [-0.1, -0.05) is 43.3 Å². The summed E-state index contributed by atoms with van der Waals surface area (Å²) in [7, 11) is 0. The molecule has 0 bridgehead atoms. The maximum Gasteiger partial charge on any atom is 0.338 e. The summed E-state index contributed by atoms with van der Waals surface area (Å²) in [6.45, 7) is 1.60. The number of nitrogens with two attached hydrogens (primary N) is 1. The summed E-state index contributed by atoms with van der Waals surface area (Å²) >= 11 is 0. The average molecular weight is 483 g/mol. The standard InChI is InChI=1S/C24H25N3O8/c1-2-14-19(21(29)22(25)30)18-15(27(14)11-13-7-4-3-5-8-13)9-6-10-16(18)35-12-17(28)26-20(23(31)32)24(33)34/h3-8,10,15,20H,2,9,11-12H2,1H3,(H2,25,30)(H,26,28)(H,31,32)(H,33,34). The first kappa shape index (κ1) is 25.2. The van der Waals surface area contributed by atoms with Crippen LogP contribution in [0.25, 0.3) is 0 Å². The van der Waals surface area contributed by atoms with Gasteiger partial charge in [-0.2, -0.15) is 0 Å². The van der Waals surface area contributed by atoms with Crippen LogP contribution in [0.5, 0.6) is 0 Å². The first-order valence-corrected chi connectivity index (χ1v) is 10.8. The van der Waals surface area contributed by atoms with E-state index >= 15 is 0 Å². The molecule has 11 heteroatoms. The number of aliphatic carboxylic acids is 2. The molecule has 1 heterocycles. The van der Waals surface area contributed by atoms with Gasteiger partial charge in [-0.3, -0.25) is 14.4 Å². The number of ether oxygens (including phenoxy) is 1. The maximum atomic E-state index is 12.9. The predicted octanol–water partition coefficient (Wildman–Crippen LogP) is 0.474. The molecule has 0 spiro atoms. The Hall–Kier alpha value is -4.41. The van der Waals surface area contributed by atoms with E-state index in [1.165, 1.54) is 0 Å². The zero-order valence-electron chi connectivity index (χ0n) is 18.9. The monoisotopic (exact) mass is 483 g/mol. The molecule has 2 aliphatic rings. The molecule has 0 fully saturated rings. The molecular weight excluding hydrogens is 458 g/mol. The fourth-order valence-corrected chi connectivity index (χ4v) is 4.18. The van der Waals surface area contributed by atoms with E-state index in [0.29, 0.717) is 30.7 Å². The normalized spacial score (nSPS) is 16.9. The number of Topliss-reactive ketones (excluding diaryl/α,β-unsaturated/α-hetero) is 1. The lowest BCUT2D eigenvalue weighted by Gasteiger charge is -2.31. The minimum atomic E-state index is -2.13. The summed E-state index contributed by atoms with van der Waals surface area (Å²) in [4.78, 5) is 60.9. The largest absolute Gasteiger partial charge is 0.483 e. The molecule has 1 atom stereocenters. The molecule has 5 N–H and O–H groups in total. The van der Waals surface area contributed by atoms with Gasteiger partial charge in [0.2, 0.25) is 6.04 Å². The molecule has 1 aromatic carbocycles. The smallest absolute Gasteiger partial charge is 0.338 e. The quantitative estimate of drug-likeness (QED) is 0.257. The molecule has 1 aliphatic heterocycles. The minimum Gasteiger partial charge on any atom is -0.483 e. The van der Waals surface area contributed by atoms with Gasteiger partial charge in [0.15, 0.2) is 6.61 Å². The zero-order chi connectivity index (χ0) is 25.7. The van der Waals surface area contributed by atoms with Crippen LogP contribution < -0.4 is 11.1 Å². The number of amides is 2. The van der Waals surface area contributed by atoms with E-state index in [9.17, 15) is 24.0 Å². The van der Waals surface area contributed by atoms with Crippen molar-refractivity contribution in [1.29, 1.82) is 0 Å². The van der Waals surface area contributed by atoms with Crippen molar-refractivity contribution in [1.82, 2.24) is 10.2 Å². The molecule has 0 radical (unpaired) electrons. The number of carbonyl (C=O) groups excluding carboxylic acids is 3. The Labute approximate surface area is 200 Å². The van der Waals surface area contributed by atoms with Gasteiger partial charge in [0.25, 0.3) is 17.6 Å². The summed E-state index contributed by atoms with van der Waals surface area (Å²) < 4.78 is 5.60. The van der Waals surface area contributed by atoms with Gasteiger partial charge in [0.1, 0.15) is 5.76 Å². The number of rotatable bonds is 11. The number of fused-ring (bicyclic) bond motifs is 1. The molecular formula is C24H25N3O8. The zero-order valence-corrected chi connectivity index (χ0v) is 18.9. The number of benzene rings is 1. The van der Waals surface area contributed by atoms with Crippen molar-refractivity contribution in [3.63, 3.8) is 0 Å². The van der Waals surface area contributed by atoms with Crippen molar-refractivity contribution in [3.8, 4) is 0 Å². The third-order valence-corrected chi connectivity index (χ3v) is 5.65. The number of ketones is 1. The van der Waals surface area contributed by atoms with Crippen LogP contribution in [0.3, 0.4) is 0 Å². The number of hydrogen-bond acceptors (Lipinski definition) is 7. The Kier molecular flexibility index (Phi) is 7.69. The summed E-state index contributed by atoms with van der Waals surface area (Å²) in [5.41, 5.74) is 7.46. The van der Waals surface area contributed by atoms with Crippen LogP contribution in [0.2, 0.25) is 0 Å². The van der Waals surface area contributed by atoms with E-state index < -0.39 is 42.2 Å². The van der Waals surface area contributed by atoms with E-state index in [2.05, 4.69) is 0 Å². The van der Waals surface area contributed by atoms with Gasteiger partial charge >= 0.3 is 11.9 Å². The molecule has 0 aromatic heterocycles. The van der Waals surface area contributed by atoms with Gasteiger partial charge < -0.3 is 30.9 Å². The Morgan fingerprint density at radius 2 is 1.80 bits per heavy atom. The number of carboxylic acid groups (broad SMARTS) is 2. The number of carbonyl (C=O) groups is 5. The fraction of sp³-hybridized carbons (Fsp3) is 0.292. The predicted molar refractivity (Wildman–Crippen MR) is 121 cm³/mol. The molecule has 0 saturated carbocycles. The van der Waals surface area contributed by atoms with Gasteiger partial charge in [-0.05, 0) is 24.5 Å². The van der Waals surface area contributed by atoms with Crippen LogP contribution in [-0.2, 0) is 35.3 Å². The second kappa shape index (κ2) is 10.7. The van der Waals surface area contributed by atoms with Crippen LogP contribution in [0, 0.1) is 0 Å². The Bertz CT molecular complexity index is 1140. The van der Waals surface area contributed by atoms with Crippen LogP contribution >= 0.6 is 0 Å². The molecule has 2 amide bonds. The van der Waals surface area contributed by atoms with Gasteiger partial charge in [-0.25, -0.2) is 9.59 Å². The highest BCUT2D eigenvalue weighted by Crippen LogP contribution is 2.42. The van der Waals surface area contributed by atoms with Gasteiger partial charge in [0, 0.05) is 17.8 Å². The highest BCUT2D eigenvalue weighted by molar-refractivity contribution is 6.43. The molecule has 35 heavy (non-hydrogen) atoms. The van der Waals surface area contributed by atoms with Gasteiger partial charge in [-0.15, -0.1) is 0 Å². The van der Waals surface area contributed by atoms with Gasteiger partial charge in [0.05, 0.1) is 11.6 Å². The molecule has 1 aromatic rings. The third-order valence-electron chi connectivity index (χ3n) is 5.65. The maximum absolute atomic E-state index is 12.9. The third kappa shape index (κ3) is 5.40. The van der Waals surface area contributed by atoms with Crippen molar-refractivity contribution < 1.29 is 38.9 Å². The van der Waals surface area contributed by atoms with Crippen molar-refractivity contribution >= 4 is 29.5 Å². The molecule has 184 valence electrons. The highest BCUT2D eigenvalue weighted by Gasteiger charge is 2.42. The van der Waals surface area contributed by atoms with E-state index in [4.69, 9.17) is 20.7 Å². The fourth-order valence-electron chi connectivity index (χ4n) is 4.18. The topological polar surface area (TPSA) is 176 Å². The molecule has 0 saturated heterocycles. The number of hydrogen-bond donors (Lipinski definition) is 4. The van der Waals surface area contributed by atoms with E-state index in [-0.39, 0.29) is 17.4 Å². The minimum absolute atomic E-state index is 0.120. The van der Waals surface area contributed by atoms with Crippen LogP contribution in [0.15, 0.2) is 65.1 Å². The second-order valence-corrected chi connectivity index (χ2v) is 7.88. The van der Waals surface area contributed by atoms with Crippen LogP contribution in [-0.4, -0.2) is 63.3 Å².